The normalized spacial score (nSPS) is 16.1. The molecule has 0 saturated carbocycles. The van der Waals surface area contributed by atoms with Crippen LogP contribution in [0.5, 0.6) is 0 Å². The number of aromatic nitrogens is 1. The first-order chi connectivity index (χ1) is 15.0. The van der Waals surface area contributed by atoms with E-state index in [1.54, 1.807) is 12.0 Å². The van der Waals surface area contributed by atoms with Gasteiger partial charge in [-0.2, -0.15) is 5.26 Å². The Bertz CT molecular complexity index is 854. The second-order valence-electron chi connectivity index (χ2n) is 8.66. The van der Waals surface area contributed by atoms with E-state index in [4.69, 9.17) is 9.72 Å². The van der Waals surface area contributed by atoms with Crippen molar-refractivity contribution in [3.8, 4) is 6.07 Å². The number of methoxy groups -OCH3 is 1. The fourth-order valence-corrected chi connectivity index (χ4v) is 4.39. The van der Waals surface area contributed by atoms with Crippen molar-refractivity contribution in [2.45, 2.75) is 46.0 Å². The monoisotopic (exact) mass is 427 g/mol. The number of amides is 2. The SMILES string of the molecule is COCCNC(=O)C(=O)N1CCN(c2nc(CC(C)C)c3c(c2C#N)CCCC3)CC1. The Morgan fingerprint density at radius 2 is 1.84 bits per heavy atom. The molecule has 1 saturated heterocycles. The van der Waals surface area contributed by atoms with Gasteiger partial charge < -0.3 is 19.9 Å². The van der Waals surface area contributed by atoms with Crippen LogP contribution < -0.4 is 10.2 Å². The molecule has 8 heteroatoms. The molecule has 2 heterocycles. The number of hydrogen-bond donors (Lipinski definition) is 1. The summed E-state index contributed by atoms with van der Waals surface area (Å²) in [6, 6.07) is 2.42. The highest BCUT2D eigenvalue weighted by Gasteiger charge is 2.30. The highest BCUT2D eigenvalue weighted by atomic mass is 16.5. The highest BCUT2D eigenvalue weighted by molar-refractivity contribution is 6.35. The average Bonchev–Trinajstić information content (AvgIpc) is 2.78. The van der Waals surface area contributed by atoms with E-state index < -0.39 is 11.8 Å². The van der Waals surface area contributed by atoms with Crippen molar-refractivity contribution in [2.75, 3.05) is 51.3 Å². The second kappa shape index (κ2) is 10.6. The Morgan fingerprint density at radius 1 is 1.16 bits per heavy atom. The van der Waals surface area contributed by atoms with Crippen LogP contribution in [-0.2, 0) is 33.6 Å². The van der Waals surface area contributed by atoms with Gasteiger partial charge in [0.1, 0.15) is 11.9 Å². The largest absolute Gasteiger partial charge is 0.383 e. The van der Waals surface area contributed by atoms with Crippen molar-refractivity contribution in [2.24, 2.45) is 5.92 Å². The van der Waals surface area contributed by atoms with Crippen LogP contribution in [0.4, 0.5) is 5.82 Å². The summed E-state index contributed by atoms with van der Waals surface area (Å²) in [5.41, 5.74) is 4.27. The summed E-state index contributed by atoms with van der Waals surface area (Å²) in [6.45, 7) is 7.03. The van der Waals surface area contributed by atoms with E-state index in [-0.39, 0.29) is 0 Å². The number of ether oxygens (including phenoxy) is 1. The third kappa shape index (κ3) is 5.34. The van der Waals surface area contributed by atoms with Crippen molar-refractivity contribution in [1.29, 1.82) is 5.26 Å². The third-order valence-electron chi connectivity index (χ3n) is 5.95. The first-order valence-corrected chi connectivity index (χ1v) is 11.2. The minimum absolute atomic E-state index is 0.310. The first kappa shape index (κ1) is 23.0. The van der Waals surface area contributed by atoms with E-state index in [0.29, 0.717) is 50.8 Å². The van der Waals surface area contributed by atoms with E-state index in [9.17, 15) is 14.9 Å². The predicted octanol–water partition coefficient (Wildman–Crippen LogP) is 1.44. The van der Waals surface area contributed by atoms with Gasteiger partial charge in [-0.15, -0.1) is 0 Å². The van der Waals surface area contributed by atoms with Gasteiger partial charge in [0.05, 0.1) is 12.2 Å². The van der Waals surface area contributed by atoms with E-state index in [2.05, 4.69) is 30.1 Å². The van der Waals surface area contributed by atoms with Crippen LogP contribution in [-0.4, -0.2) is 68.1 Å². The van der Waals surface area contributed by atoms with Crippen LogP contribution in [0.15, 0.2) is 0 Å². The molecule has 1 aliphatic heterocycles. The molecule has 8 nitrogen and oxygen atoms in total. The fraction of sp³-hybridized carbons (Fsp3) is 0.652. The van der Waals surface area contributed by atoms with Crippen LogP contribution in [0, 0.1) is 17.2 Å². The minimum Gasteiger partial charge on any atom is -0.383 e. The summed E-state index contributed by atoms with van der Waals surface area (Å²) in [6.07, 6.45) is 5.09. The number of pyridine rings is 1. The van der Waals surface area contributed by atoms with Gasteiger partial charge in [-0.1, -0.05) is 13.8 Å². The van der Waals surface area contributed by atoms with Crippen LogP contribution in [0.1, 0.15) is 49.1 Å². The summed E-state index contributed by atoms with van der Waals surface area (Å²) < 4.78 is 4.90. The Hall–Kier alpha value is -2.66. The molecule has 2 amide bonds. The molecular formula is C23H33N5O3. The third-order valence-corrected chi connectivity index (χ3v) is 5.95. The molecule has 0 unspecified atom stereocenters. The standard InChI is InChI=1S/C23H33N5O3/c1-16(2)14-20-18-7-5-4-6-17(18)19(15-24)21(26-20)27-9-11-28(12-10-27)23(30)22(29)25-8-13-31-3/h16H,4-14H2,1-3H3,(H,25,29). The lowest BCUT2D eigenvalue weighted by Gasteiger charge is -2.36. The van der Waals surface area contributed by atoms with Crippen molar-refractivity contribution in [1.82, 2.24) is 15.2 Å². The fourth-order valence-electron chi connectivity index (χ4n) is 4.39. The predicted molar refractivity (Wildman–Crippen MR) is 118 cm³/mol. The van der Waals surface area contributed by atoms with Gasteiger partial charge in [0.2, 0.25) is 0 Å². The molecule has 0 radical (unpaired) electrons. The van der Waals surface area contributed by atoms with Gasteiger partial charge in [-0.25, -0.2) is 4.98 Å². The van der Waals surface area contributed by atoms with Crippen molar-refractivity contribution < 1.29 is 14.3 Å². The number of anilines is 1. The zero-order chi connectivity index (χ0) is 22.4. The zero-order valence-electron chi connectivity index (χ0n) is 18.9. The molecule has 0 aromatic carbocycles. The van der Waals surface area contributed by atoms with Gasteiger partial charge in [0.15, 0.2) is 0 Å². The maximum atomic E-state index is 12.4. The Labute approximate surface area is 184 Å². The van der Waals surface area contributed by atoms with Gasteiger partial charge in [0, 0.05) is 45.5 Å². The first-order valence-electron chi connectivity index (χ1n) is 11.2. The summed E-state index contributed by atoms with van der Waals surface area (Å²) in [7, 11) is 1.55. The smallest absolute Gasteiger partial charge is 0.312 e. The summed E-state index contributed by atoms with van der Waals surface area (Å²) >= 11 is 0. The van der Waals surface area contributed by atoms with Crippen molar-refractivity contribution >= 4 is 17.6 Å². The molecule has 1 aliphatic carbocycles. The lowest BCUT2D eigenvalue weighted by Crippen LogP contribution is -2.53. The molecule has 1 N–H and O–H groups in total. The van der Waals surface area contributed by atoms with Crippen LogP contribution >= 0.6 is 0 Å². The van der Waals surface area contributed by atoms with E-state index in [1.807, 2.05) is 0 Å². The maximum Gasteiger partial charge on any atom is 0.312 e. The Morgan fingerprint density at radius 3 is 2.45 bits per heavy atom. The number of carbonyl (C=O) groups excluding carboxylic acids is 2. The number of nitriles is 1. The number of nitrogens with zero attached hydrogens (tertiary/aromatic N) is 4. The van der Waals surface area contributed by atoms with E-state index in [0.717, 1.165) is 43.6 Å². The van der Waals surface area contributed by atoms with Crippen LogP contribution in [0.25, 0.3) is 0 Å². The number of hydrogen-bond acceptors (Lipinski definition) is 6. The maximum absolute atomic E-state index is 12.4. The van der Waals surface area contributed by atoms with Crippen LogP contribution in [0.2, 0.25) is 0 Å². The number of carbonyl (C=O) groups is 2. The topological polar surface area (TPSA) is 98.6 Å². The highest BCUT2D eigenvalue weighted by Crippen LogP contribution is 2.33. The minimum atomic E-state index is -0.602. The molecule has 1 fully saturated rings. The van der Waals surface area contributed by atoms with Crippen molar-refractivity contribution in [3.05, 3.63) is 22.4 Å². The molecule has 0 bridgehead atoms. The number of nitrogens with one attached hydrogen (secondary N) is 1. The van der Waals surface area contributed by atoms with E-state index in [1.165, 1.54) is 11.1 Å². The van der Waals surface area contributed by atoms with Gasteiger partial charge in [-0.3, -0.25) is 9.59 Å². The number of fused-ring (bicyclic) bond motifs is 1. The molecule has 1 aromatic rings. The van der Waals surface area contributed by atoms with Gasteiger partial charge >= 0.3 is 11.8 Å². The summed E-state index contributed by atoms with van der Waals surface area (Å²) in [5.74, 6) is 0.116. The Kier molecular flexibility index (Phi) is 7.85. The van der Waals surface area contributed by atoms with Crippen molar-refractivity contribution in [3.63, 3.8) is 0 Å². The van der Waals surface area contributed by atoms with E-state index >= 15 is 0 Å². The lowest BCUT2D eigenvalue weighted by atomic mass is 9.85. The summed E-state index contributed by atoms with van der Waals surface area (Å²) in [5, 5.41) is 12.5. The number of rotatable bonds is 6. The molecule has 0 spiro atoms. The molecule has 3 rings (SSSR count). The molecule has 0 atom stereocenters. The quantitative estimate of drug-likeness (QED) is 0.545. The number of piperazine rings is 1. The molecule has 2 aliphatic rings. The zero-order valence-corrected chi connectivity index (χ0v) is 18.9. The lowest BCUT2D eigenvalue weighted by molar-refractivity contribution is -0.146. The Balaban J connectivity index is 1.76. The summed E-state index contributed by atoms with van der Waals surface area (Å²) in [4.78, 5) is 33.1. The molecule has 31 heavy (non-hydrogen) atoms. The molecule has 1 aromatic heterocycles. The second-order valence-corrected chi connectivity index (χ2v) is 8.66. The van der Waals surface area contributed by atoms with Crippen LogP contribution in [0.3, 0.4) is 0 Å². The van der Waals surface area contributed by atoms with Gasteiger partial charge in [0.25, 0.3) is 0 Å². The van der Waals surface area contributed by atoms with Gasteiger partial charge in [-0.05, 0) is 49.1 Å². The molecule has 168 valence electrons. The molecular weight excluding hydrogens is 394 g/mol. The average molecular weight is 428 g/mol.